The van der Waals surface area contributed by atoms with Gasteiger partial charge in [0.1, 0.15) is 18.1 Å². The Morgan fingerprint density at radius 2 is 1.83 bits per heavy atom. The monoisotopic (exact) mass is 571 g/mol. The number of H-pyrrole nitrogens is 1. The Morgan fingerprint density at radius 3 is 2.51 bits per heavy atom. The minimum absolute atomic E-state index is 0.0473. The average Bonchev–Trinajstić information content (AvgIpc) is 3.57. The van der Waals surface area contributed by atoms with Crippen LogP contribution in [0, 0.1) is 0 Å². The van der Waals surface area contributed by atoms with E-state index in [0.717, 1.165) is 10.9 Å². The van der Waals surface area contributed by atoms with Crippen molar-refractivity contribution in [3.05, 3.63) is 36.0 Å². The van der Waals surface area contributed by atoms with Gasteiger partial charge in [-0.3, -0.25) is 24.2 Å². The summed E-state index contributed by atoms with van der Waals surface area (Å²) < 4.78 is 0. The van der Waals surface area contributed by atoms with Crippen LogP contribution in [0.25, 0.3) is 10.9 Å². The third-order valence-electron chi connectivity index (χ3n) is 6.88. The topological polar surface area (TPSA) is 265 Å². The number of aromatic amines is 1. The summed E-state index contributed by atoms with van der Waals surface area (Å²) in [5.74, 6) is -4.24. The van der Waals surface area contributed by atoms with Crippen LogP contribution in [0.3, 0.4) is 0 Å². The van der Waals surface area contributed by atoms with Crippen LogP contribution in [0.1, 0.15) is 37.7 Å². The number of rotatable bonds is 14. The van der Waals surface area contributed by atoms with E-state index < -0.39 is 60.2 Å². The van der Waals surface area contributed by atoms with Crippen molar-refractivity contribution < 1.29 is 29.1 Å². The van der Waals surface area contributed by atoms with Gasteiger partial charge in [0.2, 0.25) is 23.6 Å². The number of aliphatic imine (C=N–C) groups is 1. The maximum Gasteiger partial charge on any atom is 0.326 e. The second kappa shape index (κ2) is 14.1. The molecular weight excluding hydrogens is 534 g/mol. The van der Waals surface area contributed by atoms with E-state index in [9.17, 15) is 29.1 Å². The molecule has 1 saturated heterocycles. The standard InChI is InChI=1S/C26H37N9O6/c27-16(6-3-9-31-26(29)30)24(39)35-10-4-8-20(35)23(38)33-18(12-21(28)36)22(37)34-19(25(40)41)11-14-13-32-17-7-2-1-5-15(14)17/h1-2,5,7,13,16,18-20,32H,3-4,6,8-12,27H2,(H2,28,36)(H,33,38)(H,34,37)(H,40,41)(H4,29,30,31). The molecule has 4 amide bonds. The van der Waals surface area contributed by atoms with Crippen molar-refractivity contribution in [1.29, 1.82) is 0 Å². The van der Waals surface area contributed by atoms with Gasteiger partial charge in [-0.25, -0.2) is 4.79 Å². The third kappa shape index (κ3) is 8.41. The number of carbonyl (C=O) groups is 5. The number of hydrogen-bond acceptors (Lipinski definition) is 7. The van der Waals surface area contributed by atoms with E-state index in [1.54, 1.807) is 6.20 Å². The quantitative estimate of drug-likeness (QED) is 0.0707. The van der Waals surface area contributed by atoms with Gasteiger partial charge in [-0.05, 0) is 37.3 Å². The molecule has 3 rings (SSSR count). The number of carboxylic acids is 1. The zero-order valence-electron chi connectivity index (χ0n) is 22.5. The first-order chi connectivity index (χ1) is 19.5. The fourth-order valence-electron chi connectivity index (χ4n) is 4.83. The molecule has 15 heteroatoms. The molecule has 0 bridgehead atoms. The van der Waals surface area contributed by atoms with Gasteiger partial charge in [0, 0.05) is 36.6 Å². The molecule has 1 aromatic heterocycles. The predicted molar refractivity (Wildman–Crippen MR) is 150 cm³/mol. The summed E-state index contributed by atoms with van der Waals surface area (Å²) in [4.78, 5) is 71.3. The SMILES string of the molecule is NC(=O)CC(NC(=O)C1CCCN1C(=O)C(N)CCCN=C(N)N)C(=O)NC(Cc1c[nH]c2ccccc12)C(=O)O. The van der Waals surface area contributed by atoms with Gasteiger partial charge in [-0.1, -0.05) is 18.2 Å². The lowest BCUT2D eigenvalue weighted by atomic mass is 10.0. The van der Waals surface area contributed by atoms with E-state index >= 15 is 0 Å². The number of aromatic nitrogens is 1. The van der Waals surface area contributed by atoms with E-state index in [1.807, 2.05) is 24.3 Å². The number of benzene rings is 1. The Bertz CT molecular complexity index is 1310. The number of amides is 4. The molecule has 1 aliphatic heterocycles. The second-order valence-corrected chi connectivity index (χ2v) is 9.94. The number of hydrogen-bond donors (Lipinski definition) is 8. The van der Waals surface area contributed by atoms with E-state index in [1.165, 1.54) is 4.90 Å². The van der Waals surface area contributed by atoms with Gasteiger partial charge in [0.05, 0.1) is 12.5 Å². The Morgan fingerprint density at radius 1 is 1.10 bits per heavy atom. The maximum atomic E-state index is 13.2. The molecule has 222 valence electrons. The van der Waals surface area contributed by atoms with Crippen molar-refractivity contribution in [3.63, 3.8) is 0 Å². The number of likely N-dealkylation sites (tertiary alicyclic amines) is 1. The molecule has 1 aromatic carbocycles. The minimum atomic E-state index is -1.45. The number of fused-ring (bicyclic) bond motifs is 1. The summed E-state index contributed by atoms with van der Waals surface area (Å²) in [6.07, 6.45) is 2.65. The fourth-order valence-corrected chi connectivity index (χ4v) is 4.83. The zero-order valence-corrected chi connectivity index (χ0v) is 22.5. The lowest BCUT2D eigenvalue weighted by Gasteiger charge is -2.28. The van der Waals surface area contributed by atoms with Gasteiger partial charge in [0.15, 0.2) is 5.96 Å². The summed E-state index contributed by atoms with van der Waals surface area (Å²) in [5.41, 5.74) is 23.4. The summed E-state index contributed by atoms with van der Waals surface area (Å²) in [6, 6.07) is 2.69. The van der Waals surface area contributed by atoms with Crippen LogP contribution < -0.4 is 33.6 Å². The van der Waals surface area contributed by atoms with Gasteiger partial charge in [-0.15, -0.1) is 0 Å². The molecular formula is C26H37N9O6. The largest absolute Gasteiger partial charge is 0.480 e. The molecule has 0 radical (unpaired) electrons. The normalized spacial score (nSPS) is 16.9. The van der Waals surface area contributed by atoms with Crippen molar-refractivity contribution >= 4 is 46.5 Å². The van der Waals surface area contributed by atoms with Crippen LogP contribution in [0.5, 0.6) is 0 Å². The van der Waals surface area contributed by atoms with Crippen LogP contribution in [-0.2, 0) is 30.4 Å². The van der Waals surface area contributed by atoms with Crippen molar-refractivity contribution in [1.82, 2.24) is 20.5 Å². The Labute approximate surface area is 236 Å². The van der Waals surface area contributed by atoms with E-state index in [2.05, 4.69) is 20.6 Å². The van der Waals surface area contributed by atoms with E-state index in [-0.39, 0.29) is 18.9 Å². The third-order valence-corrected chi connectivity index (χ3v) is 6.88. The van der Waals surface area contributed by atoms with Crippen LogP contribution >= 0.6 is 0 Å². The number of nitrogens with zero attached hydrogens (tertiary/aromatic N) is 2. The number of nitrogens with two attached hydrogens (primary N) is 4. The average molecular weight is 572 g/mol. The lowest BCUT2D eigenvalue weighted by Crippen LogP contribution is -2.57. The first-order valence-corrected chi connectivity index (χ1v) is 13.3. The highest BCUT2D eigenvalue weighted by atomic mass is 16.4. The van der Waals surface area contributed by atoms with E-state index in [0.29, 0.717) is 37.8 Å². The number of para-hydroxylation sites is 1. The second-order valence-electron chi connectivity index (χ2n) is 9.94. The molecule has 12 N–H and O–H groups in total. The Hall–Kier alpha value is -4.66. The highest BCUT2D eigenvalue weighted by Crippen LogP contribution is 2.21. The molecule has 0 saturated carbocycles. The lowest BCUT2D eigenvalue weighted by molar-refractivity contribution is -0.143. The van der Waals surface area contributed by atoms with Gasteiger partial charge in [0.25, 0.3) is 0 Å². The van der Waals surface area contributed by atoms with Gasteiger partial charge < -0.3 is 48.6 Å². The number of guanidine groups is 1. The van der Waals surface area contributed by atoms with Crippen molar-refractivity contribution in [2.24, 2.45) is 27.9 Å². The van der Waals surface area contributed by atoms with E-state index in [4.69, 9.17) is 22.9 Å². The van der Waals surface area contributed by atoms with Crippen LogP contribution in [0.2, 0.25) is 0 Å². The molecule has 15 nitrogen and oxygen atoms in total. The summed E-state index contributed by atoms with van der Waals surface area (Å²) in [5, 5.41) is 15.5. The first-order valence-electron chi connectivity index (χ1n) is 13.3. The molecule has 2 heterocycles. The molecule has 4 atom stereocenters. The number of carbonyl (C=O) groups excluding carboxylic acids is 4. The summed E-state index contributed by atoms with van der Waals surface area (Å²) in [7, 11) is 0. The summed E-state index contributed by atoms with van der Waals surface area (Å²) in [6.45, 7) is 0.589. The smallest absolute Gasteiger partial charge is 0.326 e. The maximum absolute atomic E-state index is 13.2. The molecule has 0 aliphatic carbocycles. The highest BCUT2D eigenvalue weighted by Gasteiger charge is 2.38. The zero-order chi connectivity index (χ0) is 30.1. The van der Waals surface area contributed by atoms with Crippen molar-refractivity contribution in [2.45, 2.75) is 62.7 Å². The van der Waals surface area contributed by atoms with Crippen molar-refractivity contribution in [2.75, 3.05) is 13.1 Å². The van der Waals surface area contributed by atoms with Crippen LogP contribution in [-0.4, -0.2) is 87.8 Å². The molecule has 1 fully saturated rings. The molecule has 0 spiro atoms. The first kappa shape index (κ1) is 30.9. The Balaban J connectivity index is 1.66. The number of primary amides is 1. The van der Waals surface area contributed by atoms with Crippen LogP contribution in [0.15, 0.2) is 35.5 Å². The molecule has 1 aliphatic rings. The molecule has 41 heavy (non-hydrogen) atoms. The van der Waals surface area contributed by atoms with Crippen LogP contribution in [0.4, 0.5) is 0 Å². The number of nitrogens with one attached hydrogen (secondary N) is 3. The minimum Gasteiger partial charge on any atom is -0.480 e. The molecule has 2 aromatic rings. The number of aliphatic carboxylic acids is 1. The molecule has 4 unspecified atom stereocenters. The van der Waals surface area contributed by atoms with Gasteiger partial charge in [-0.2, -0.15) is 0 Å². The number of carboxylic acid groups (broad SMARTS) is 1. The van der Waals surface area contributed by atoms with Gasteiger partial charge >= 0.3 is 5.97 Å². The summed E-state index contributed by atoms with van der Waals surface area (Å²) >= 11 is 0. The Kier molecular flexibility index (Phi) is 10.6. The predicted octanol–water partition coefficient (Wildman–Crippen LogP) is -1.99. The highest BCUT2D eigenvalue weighted by molar-refractivity contribution is 5.96. The van der Waals surface area contributed by atoms with Crippen molar-refractivity contribution in [3.8, 4) is 0 Å². The fraction of sp³-hybridized carbons (Fsp3) is 0.462.